The highest BCUT2D eigenvalue weighted by Gasteiger charge is 2.81. The highest BCUT2D eigenvalue weighted by Crippen LogP contribution is 2.56. The zero-order valence-corrected chi connectivity index (χ0v) is 15.0. The van der Waals surface area contributed by atoms with Crippen LogP contribution in [0.3, 0.4) is 0 Å². The van der Waals surface area contributed by atoms with Crippen molar-refractivity contribution in [2.24, 2.45) is 0 Å². The predicted molar refractivity (Wildman–Crippen MR) is 79.6 cm³/mol. The summed E-state index contributed by atoms with van der Waals surface area (Å²) >= 11 is 0. The van der Waals surface area contributed by atoms with Crippen LogP contribution in [0.1, 0.15) is 20.3 Å². The number of methoxy groups -OCH3 is 1. The molecule has 25 heavy (non-hydrogen) atoms. The van der Waals surface area contributed by atoms with Gasteiger partial charge in [0.15, 0.2) is 23.4 Å². The van der Waals surface area contributed by atoms with Crippen LogP contribution in [0.25, 0.3) is 0 Å². The van der Waals surface area contributed by atoms with E-state index < -0.39 is 57.5 Å². The van der Waals surface area contributed by atoms with Gasteiger partial charge < -0.3 is 23.7 Å². The molecular weight excluding hydrogens is 358 g/mol. The van der Waals surface area contributed by atoms with Gasteiger partial charge in [-0.25, -0.2) is 0 Å². The fourth-order valence-corrected chi connectivity index (χ4v) is 5.81. The molecule has 4 saturated heterocycles. The molecule has 10 nitrogen and oxygen atoms in total. The summed E-state index contributed by atoms with van der Waals surface area (Å²) in [7, 11) is -2.60. The lowest BCUT2D eigenvalue weighted by Crippen LogP contribution is -2.64. The first kappa shape index (κ1) is 17.6. The molecule has 1 spiro atoms. The second kappa shape index (κ2) is 5.35. The average molecular weight is 379 g/mol. The van der Waals surface area contributed by atoms with Gasteiger partial charge in [-0.1, -0.05) is 0 Å². The van der Waals surface area contributed by atoms with Gasteiger partial charge in [-0.05, 0) is 13.8 Å². The normalized spacial score (nSPS) is 45.8. The van der Waals surface area contributed by atoms with Crippen LogP contribution < -0.4 is 5.32 Å². The number of carbonyl (C=O) groups excluding carboxylic acids is 1. The molecule has 142 valence electrons. The van der Waals surface area contributed by atoms with Crippen LogP contribution in [0.4, 0.5) is 0 Å². The molecule has 1 N–H and O–H groups in total. The molecule has 0 aromatic rings. The Balaban J connectivity index is 1.66. The number of ether oxygens (including phenoxy) is 5. The Kier molecular flexibility index (Phi) is 3.76. The minimum Gasteiger partial charge on any atom is -0.469 e. The topological polar surface area (TPSA) is 119 Å². The van der Waals surface area contributed by atoms with Gasteiger partial charge >= 0.3 is 5.97 Å². The maximum absolute atomic E-state index is 12.3. The van der Waals surface area contributed by atoms with Crippen molar-refractivity contribution in [3.05, 3.63) is 0 Å². The van der Waals surface area contributed by atoms with E-state index in [-0.39, 0.29) is 13.0 Å². The summed E-state index contributed by atoms with van der Waals surface area (Å²) in [6, 6.07) is 0. The first-order valence-electron chi connectivity index (χ1n) is 8.03. The van der Waals surface area contributed by atoms with Crippen LogP contribution >= 0.6 is 0 Å². The van der Waals surface area contributed by atoms with Crippen molar-refractivity contribution in [2.75, 3.05) is 26.0 Å². The van der Waals surface area contributed by atoms with E-state index in [1.807, 2.05) is 0 Å². The summed E-state index contributed by atoms with van der Waals surface area (Å²) in [6.07, 6.45) is -2.16. The van der Waals surface area contributed by atoms with Crippen LogP contribution in [-0.4, -0.2) is 76.0 Å². The minimum atomic E-state index is -3.88. The fourth-order valence-electron chi connectivity index (χ4n) is 4.09. The minimum absolute atomic E-state index is 0.0154. The van der Waals surface area contributed by atoms with E-state index in [0.29, 0.717) is 6.54 Å². The van der Waals surface area contributed by atoms with Crippen molar-refractivity contribution in [3.8, 4) is 0 Å². The Morgan fingerprint density at radius 2 is 2.08 bits per heavy atom. The molecule has 0 bridgehead atoms. The van der Waals surface area contributed by atoms with Crippen molar-refractivity contribution in [1.29, 1.82) is 0 Å². The van der Waals surface area contributed by atoms with Crippen molar-refractivity contribution in [2.45, 2.75) is 55.9 Å². The maximum atomic E-state index is 12.3. The summed E-state index contributed by atoms with van der Waals surface area (Å²) in [5.41, 5.74) is -2.78. The molecule has 0 aromatic carbocycles. The van der Waals surface area contributed by atoms with Crippen molar-refractivity contribution in [3.63, 3.8) is 0 Å². The summed E-state index contributed by atoms with van der Waals surface area (Å²) in [6.45, 7) is 3.71. The van der Waals surface area contributed by atoms with Gasteiger partial charge in [-0.15, -0.1) is 0 Å². The SMILES string of the molecule is COC(=O)CCO[C@]12CS(=O)(=O)O[C@@]13[C@@H](CN2)O[C@@H]1OC(C)(C)O[C@@H]13. The second-order valence-corrected chi connectivity index (χ2v) is 8.58. The van der Waals surface area contributed by atoms with Crippen molar-refractivity contribution >= 4 is 16.1 Å². The molecule has 0 aliphatic carbocycles. The fraction of sp³-hybridized carbons (Fsp3) is 0.929. The number of hydrogen-bond donors (Lipinski definition) is 1. The maximum Gasteiger partial charge on any atom is 0.307 e. The van der Waals surface area contributed by atoms with Crippen LogP contribution in [-0.2, 0) is 42.8 Å². The van der Waals surface area contributed by atoms with Crippen molar-refractivity contribution < 1.29 is 41.1 Å². The van der Waals surface area contributed by atoms with Gasteiger partial charge in [0.05, 0.1) is 20.1 Å². The molecule has 0 radical (unpaired) electrons. The average Bonchev–Trinajstić information content (AvgIpc) is 3.11. The first-order chi connectivity index (χ1) is 11.6. The molecule has 0 saturated carbocycles. The molecular formula is C14H21NO9S. The summed E-state index contributed by atoms with van der Waals surface area (Å²) in [5, 5.41) is 3.07. The molecule has 4 heterocycles. The third-order valence-electron chi connectivity index (χ3n) is 4.99. The quantitative estimate of drug-likeness (QED) is 0.473. The van der Waals surface area contributed by atoms with Crippen LogP contribution in [0.5, 0.6) is 0 Å². The lowest BCUT2D eigenvalue weighted by atomic mass is 9.86. The highest BCUT2D eigenvalue weighted by atomic mass is 32.2. The van der Waals surface area contributed by atoms with Gasteiger partial charge in [0.2, 0.25) is 0 Å². The molecule has 4 fully saturated rings. The number of carbonyl (C=O) groups is 1. The summed E-state index contributed by atoms with van der Waals surface area (Å²) < 4.78 is 58.1. The van der Waals surface area contributed by atoms with Crippen molar-refractivity contribution in [1.82, 2.24) is 5.32 Å². The van der Waals surface area contributed by atoms with E-state index in [1.54, 1.807) is 13.8 Å². The van der Waals surface area contributed by atoms with E-state index in [4.69, 9.17) is 23.1 Å². The molecule has 4 aliphatic rings. The molecule has 0 amide bonds. The standard InChI is InChI=1S/C14H21NO9S/c1-12(2)22-10-11(23-12)21-8-6-15-13(20-5-4-9(16)19-3)7-25(17,18)24-14(8,10)13/h8,10-11,15H,4-7H2,1-3H3/t8-,10+,11-,13-,14-/m1/s1. The van der Waals surface area contributed by atoms with Gasteiger partial charge in [-0.3, -0.25) is 14.3 Å². The van der Waals surface area contributed by atoms with E-state index in [9.17, 15) is 13.2 Å². The summed E-state index contributed by atoms with van der Waals surface area (Å²) in [5.74, 6) is -1.80. The van der Waals surface area contributed by atoms with Crippen LogP contribution in [0.15, 0.2) is 0 Å². The number of esters is 1. The number of nitrogens with one attached hydrogen (secondary N) is 1. The lowest BCUT2D eigenvalue weighted by Gasteiger charge is -2.38. The lowest BCUT2D eigenvalue weighted by molar-refractivity contribution is -0.236. The molecule has 4 rings (SSSR count). The zero-order valence-electron chi connectivity index (χ0n) is 14.1. The molecule has 5 atom stereocenters. The van der Waals surface area contributed by atoms with Crippen LogP contribution in [0, 0.1) is 0 Å². The Bertz CT molecular complexity index is 694. The van der Waals surface area contributed by atoms with Crippen LogP contribution in [0.2, 0.25) is 0 Å². The third-order valence-corrected chi connectivity index (χ3v) is 6.28. The van der Waals surface area contributed by atoms with Gasteiger partial charge in [0.25, 0.3) is 10.1 Å². The molecule has 4 aliphatic heterocycles. The smallest absolute Gasteiger partial charge is 0.307 e. The van der Waals surface area contributed by atoms with E-state index in [0.717, 1.165) is 0 Å². The first-order valence-corrected chi connectivity index (χ1v) is 9.61. The van der Waals surface area contributed by atoms with E-state index in [1.165, 1.54) is 7.11 Å². The van der Waals surface area contributed by atoms with Gasteiger partial charge in [0, 0.05) is 6.54 Å². The summed E-state index contributed by atoms with van der Waals surface area (Å²) in [4.78, 5) is 11.4. The van der Waals surface area contributed by atoms with E-state index >= 15 is 0 Å². The number of hydrogen-bond acceptors (Lipinski definition) is 10. The third kappa shape index (κ3) is 2.45. The highest BCUT2D eigenvalue weighted by molar-refractivity contribution is 7.87. The predicted octanol–water partition coefficient (Wildman–Crippen LogP) is -1.16. The Morgan fingerprint density at radius 1 is 1.32 bits per heavy atom. The Labute approximate surface area is 145 Å². The molecule has 0 unspecified atom stereocenters. The van der Waals surface area contributed by atoms with Gasteiger partial charge in [-0.2, -0.15) is 8.42 Å². The Hall–Kier alpha value is -0.820. The van der Waals surface area contributed by atoms with Gasteiger partial charge in [0.1, 0.15) is 18.0 Å². The largest absolute Gasteiger partial charge is 0.469 e. The molecule has 11 heteroatoms. The second-order valence-electron chi connectivity index (χ2n) is 7.01. The Morgan fingerprint density at radius 3 is 2.80 bits per heavy atom. The van der Waals surface area contributed by atoms with E-state index in [2.05, 4.69) is 10.1 Å². The molecule has 0 aromatic heterocycles. The monoisotopic (exact) mass is 379 g/mol. The zero-order chi connectivity index (χ0) is 18.1. The number of rotatable bonds is 4. The number of fused-ring (bicyclic) bond motifs is 1.